The number of nitrogens with one attached hydrogen (secondary N) is 1. The average molecular weight is 344 g/mol. The molecule has 0 spiro atoms. The molecule has 0 aliphatic carbocycles. The Bertz CT molecular complexity index is 649. The topological polar surface area (TPSA) is 55.1 Å². The van der Waals surface area contributed by atoms with Gasteiger partial charge in [-0.05, 0) is 52.3 Å². The fourth-order valence-corrected chi connectivity index (χ4v) is 2.10. The van der Waals surface area contributed by atoms with Crippen molar-refractivity contribution in [2.45, 2.75) is 0 Å². The minimum absolute atomic E-state index is 0.0249. The molecule has 0 aliphatic heterocycles. The highest BCUT2D eigenvalue weighted by Gasteiger charge is 2.13. The molecule has 0 fully saturated rings. The molecule has 0 bridgehead atoms. The van der Waals surface area contributed by atoms with E-state index in [-0.39, 0.29) is 5.69 Å². The molecule has 1 amide bonds. The van der Waals surface area contributed by atoms with Gasteiger partial charge in [-0.1, -0.05) is 11.6 Å². The van der Waals surface area contributed by atoms with Crippen LogP contribution in [0.1, 0.15) is 10.4 Å². The molecule has 2 aromatic rings. The normalized spacial score (nSPS) is 10.3. The smallest absolute Gasteiger partial charge is 0.256 e. The summed E-state index contributed by atoms with van der Waals surface area (Å²) in [6.45, 7) is 0. The van der Waals surface area contributed by atoms with E-state index in [1.54, 1.807) is 12.1 Å². The van der Waals surface area contributed by atoms with Gasteiger partial charge in [0.1, 0.15) is 5.82 Å². The lowest BCUT2D eigenvalue weighted by molar-refractivity contribution is 0.102. The van der Waals surface area contributed by atoms with Gasteiger partial charge in [-0.15, -0.1) is 0 Å². The van der Waals surface area contributed by atoms with E-state index in [1.807, 2.05) is 0 Å². The molecular weight excluding hydrogens is 335 g/mol. The Balaban J connectivity index is 2.30. The summed E-state index contributed by atoms with van der Waals surface area (Å²) >= 11 is 9.06. The molecule has 0 saturated heterocycles. The highest BCUT2D eigenvalue weighted by molar-refractivity contribution is 9.10. The van der Waals surface area contributed by atoms with Crippen molar-refractivity contribution < 1.29 is 9.18 Å². The van der Waals surface area contributed by atoms with Crippen molar-refractivity contribution in [1.82, 2.24) is 0 Å². The van der Waals surface area contributed by atoms with Crippen molar-refractivity contribution in [3.8, 4) is 0 Å². The summed E-state index contributed by atoms with van der Waals surface area (Å²) in [5, 5.41) is 2.87. The van der Waals surface area contributed by atoms with Crippen molar-refractivity contribution in [3.05, 3.63) is 57.3 Å². The van der Waals surface area contributed by atoms with Gasteiger partial charge < -0.3 is 11.1 Å². The van der Waals surface area contributed by atoms with E-state index in [1.165, 1.54) is 24.3 Å². The van der Waals surface area contributed by atoms with Crippen LogP contribution < -0.4 is 11.1 Å². The van der Waals surface area contributed by atoms with E-state index >= 15 is 0 Å². The molecule has 0 aliphatic rings. The van der Waals surface area contributed by atoms with Gasteiger partial charge in [-0.2, -0.15) is 0 Å². The number of amides is 1. The monoisotopic (exact) mass is 342 g/mol. The van der Waals surface area contributed by atoms with Crippen LogP contribution in [0, 0.1) is 5.82 Å². The molecule has 3 N–H and O–H groups in total. The molecule has 19 heavy (non-hydrogen) atoms. The maximum atomic E-state index is 13.5. The molecular formula is C13H9BrClFN2O. The summed E-state index contributed by atoms with van der Waals surface area (Å²) < 4.78 is 14.1. The first kappa shape index (κ1) is 13.8. The fraction of sp³-hybridized carbons (Fsp3) is 0. The van der Waals surface area contributed by atoms with Gasteiger partial charge in [0.2, 0.25) is 0 Å². The van der Waals surface area contributed by atoms with Crippen LogP contribution in [0.2, 0.25) is 5.02 Å². The minimum Gasteiger partial charge on any atom is -0.399 e. The van der Waals surface area contributed by atoms with Crippen molar-refractivity contribution in [2.24, 2.45) is 0 Å². The summed E-state index contributed by atoms with van der Waals surface area (Å²) in [6.07, 6.45) is 0. The number of carbonyl (C=O) groups is 1. The number of nitrogen functional groups attached to an aromatic ring is 1. The first-order chi connectivity index (χ1) is 8.97. The molecule has 0 atom stereocenters. The minimum atomic E-state index is -0.555. The van der Waals surface area contributed by atoms with Crippen LogP contribution in [0.25, 0.3) is 0 Å². The third-order valence-electron chi connectivity index (χ3n) is 2.41. The van der Waals surface area contributed by atoms with Crippen LogP contribution in [-0.2, 0) is 0 Å². The Morgan fingerprint density at radius 2 is 2.00 bits per heavy atom. The van der Waals surface area contributed by atoms with Crippen LogP contribution >= 0.6 is 27.5 Å². The first-order valence-electron chi connectivity index (χ1n) is 5.29. The maximum absolute atomic E-state index is 13.5. The van der Waals surface area contributed by atoms with Crippen LogP contribution in [0.5, 0.6) is 0 Å². The second-order valence-corrected chi connectivity index (χ2v) is 5.11. The van der Waals surface area contributed by atoms with Gasteiger partial charge in [-0.25, -0.2) is 4.39 Å². The van der Waals surface area contributed by atoms with Gasteiger partial charge >= 0.3 is 0 Å². The van der Waals surface area contributed by atoms with Crippen LogP contribution in [0.15, 0.2) is 40.9 Å². The molecule has 3 nitrogen and oxygen atoms in total. The highest BCUT2D eigenvalue weighted by Crippen LogP contribution is 2.24. The number of nitrogens with two attached hydrogens (primary N) is 1. The summed E-state index contributed by atoms with van der Waals surface area (Å²) in [4.78, 5) is 12.0. The predicted molar refractivity (Wildman–Crippen MR) is 77.9 cm³/mol. The number of anilines is 2. The zero-order valence-corrected chi connectivity index (χ0v) is 11.9. The Kier molecular flexibility index (Phi) is 4.07. The molecule has 0 heterocycles. The number of carbonyl (C=O) groups excluding carboxylic acids is 1. The van der Waals surface area contributed by atoms with Crippen LogP contribution in [0.3, 0.4) is 0 Å². The van der Waals surface area contributed by atoms with Crippen LogP contribution in [0.4, 0.5) is 15.8 Å². The summed E-state index contributed by atoms with van der Waals surface area (Å²) in [6, 6.07) is 8.74. The van der Waals surface area contributed by atoms with Gasteiger partial charge in [0.05, 0.1) is 11.3 Å². The Morgan fingerprint density at radius 3 is 2.74 bits per heavy atom. The zero-order chi connectivity index (χ0) is 14.0. The van der Waals surface area contributed by atoms with E-state index in [0.29, 0.717) is 20.7 Å². The fourth-order valence-electron chi connectivity index (χ4n) is 1.50. The molecule has 0 saturated carbocycles. The lowest BCUT2D eigenvalue weighted by Crippen LogP contribution is -2.14. The highest BCUT2D eigenvalue weighted by atomic mass is 79.9. The first-order valence-corrected chi connectivity index (χ1v) is 6.46. The number of benzene rings is 2. The largest absolute Gasteiger partial charge is 0.399 e. The Labute approximate surface area is 122 Å². The number of hydrogen-bond donors (Lipinski definition) is 2. The number of hydrogen-bond acceptors (Lipinski definition) is 2. The van der Waals surface area contributed by atoms with E-state index in [4.69, 9.17) is 17.3 Å². The molecule has 2 rings (SSSR count). The molecule has 2 aromatic carbocycles. The quantitative estimate of drug-likeness (QED) is 0.807. The number of rotatable bonds is 2. The molecule has 6 heteroatoms. The third-order valence-corrected chi connectivity index (χ3v) is 3.34. The van der Waals surface area contributed by atoms with E-state index in [9.17, 15) is 9.18 Å². The van der Waals surface area contributed by atoms with Gasteiger partial charge in [0, 0.05) is 15.2 Å². The second kappa shape index (κ2) is 5.59. The van der Waals surface area contributed by atoms with Crippen molar-refractivity contribution in [1.29, 1.82) is 0 Å². The second-order valence-electron chi connectivity index (χ2n) is 3.82. The zero-order valence-electron chi connectivity index (χ0n) is 9.58. The van der Waals surface area contributed by atoms with Gasteiger partial charge in [0.25, 0.3) is 5.91 Å². The standard InChI is InChI=1S/C13H9BrClFN2O/c14-10-3-1-7(15)5-9(10)13(19)18-12-6-8(17)2-4-11(12)16/h1-6H,17H2,(H,18,19). The third kappa shape index (κ3) is 3.24. The molecule has 0 radical (unpaired) electrons. The molecule has 98 valence electrons. The van der Waals surface area contributed by atoms with E-state index in [2.05, 4.69) is 21.2 Å². The maximum Gasteiger partial charge on any atom is 0.256 e. The molecule has 0 unspecified atom stereocenters. The lowest BCUT2D eigenvalue weighted by atomic mass is 10.2. The van der Waals surface area contributed by atoms with Crippen molar-refractivity contribution >= 4 is 44.8 Å². The van der Waals surface area contributed by atoms with E-state index < -0.39 is 11.7 Å². The number of halogens is 3. The Hall–Kier alpha value is -1.59. The van der Waals surface area contributed by atoms with Crippen molar-refractivity contribution in [3.63, 3.8) is 0 Å². The summed E-state index contributed by atoms with van der Waals surface area (Å²) in [5.74, 6) is -1.03. The van der Waals surface area contributed by atoms with E-state index in [0.717, 1.165) is 0 Å². The van der Waals surface area contributed by atoms with Gasteiger partial charge in [0.15, 0.2) is 0 Å². The SMILES string of the molecule is Nc1ccc(F)c(NC(=O)c2cc(Cl)ccc2Br)c1. The van der Waals surface area contributed by atoms with Gasteiger partial charge in [-0.3, -0.25) is 4.79 Å². The Morgan fingerprint density at radius 1 is 1.26 bits per heavy atom. The lowest BCUT2D eigenvalue weighted by Gasteiger charge is -2.09. The summed E-state index contributed by atoms with van der Waals surface area (Å²) in [7, 11) is 0. The van der Waals surface area contributed by atoms with Crippen molar-refractivity contribution in [2.75, 3.05) is 11.1 Å². The summed E-state index contributed by atoms with van der Waals surface area (Å²) in [5.41, 5.74) is 6.25. The predicted octanol–water partition coefficient (Wildman–Crippen LogP) is 4.08. The van der Waals surface area contributed by atoms with Crippen LogP contribution in [-0.4, -0.2) is 5.91 Å². The molecule has 0 aromatic heterocycles. The average Bonchev–Trinajstić information content (AvgIpc) is 2.36.